The Morgan fingerprint density at radius 2 is 1.89 bits per heavy atom. The molecule has 0 spiro atoms. The maximum absolute atomic E-state index is 13.5. The van der Waals surface area contributed by atoms with Gasteiger partial charge in [-0.2, -0.15) is 5.11 Å². The van der Waals surface area contributed by atoms with Crippen molar-refractivity contribution in [3.8, 4) is 0 Å². The van der Waals surface area contributed by atoms with Crippen LogP contribution in [0.5, 0.6) is 0 Å². The van der Waals surface area contributed by atoms with Crippen molar-refractivity contribution >= 4 is 45.0 Å². The molecule has 0 aliphatic carbocycles. The molecule has 4 rings (SSSR count). The zero-order valence-electron chi connectivity index (χ0n) is 14.3. The molecule has 0 bridgehead atoms. The molecule has 2 aromatic rings. The van der Waals surface area contributed by atoms with Crippen LogP contribution in [-0.4, -0.2) is 41.4 Å². The van der Waals surface area contributed by atoms with Gasteiger partial charge in [0.15, 0.2) is 12.1 Å². The topological polar surface area (TPSA) is 94.4 Å². The molecule has 1 N–H and O–H groups in total. The number of nitrogens with zero attached hydrogens (tertiary/aromatic N) is 4. The highest BCUT2D eigenvalue weighted by Crippen LogP contribution is 2.32. The van der Waals surface area contributed by atoms with Crippen molar-refractivity contribution in [2.75, 3.05) is 16.8 Å². The summed E-state index contributed by atoms with van der Waals surface area (Å²) >= 11 is 3.31. The molecular weight excluding hydrogens is 433 g/mol. The fourth-order valence-electron chi connectivity index (χ4n) is 3.10. The lowest BCUT2D eigenvalue weighted by Crippen LogP contribution is -2.43. The third-order valence-electron chi connectivity index (χ3n) is 4.36. The van der Waals surface area contributed by atoms with Crippen LogP contribution in [0.2, 0.25) is 0 Å². The second-order valence-corrected chi connectivity index (χ2v) is 7.15. The first kappa shape index (κ1) is 18.2. The van der Waals surface area contributed by atoms with Gasteiger partial charge < -0.3 is 5.32 Å². The maximum Gasteiger partial charge on any atom is 0.263 e. The standard InChI is InChI=1S/C18H13BrFN5O3/c19-10-4-6-12(7-5-10)21-14(26)9-24-16-15(22-23-24)17(27)25(18(16)28)13-3-1-2-11(20)8-13/h1-8,15-16H,9H2,(H,21,26)/t15-,16-/m0/s1. The van der Waals surface area contributed by atoms with Gasteiger partial charge >= 0.3 is 0 Å². The second-order valence-electron chi connectivity index (χ2n) is 6.24. The van der Waals surface area contributed by atoms with Gasteiger partial charge in [0.05, 0.1) is 5.69 Å². The minimum absolute atomic E-state index is 0.124. The van der Waals surface area contributed by atoms with Crippen LogP contribution in [0.25, 0.3) is 0 Å². The van der Waals surface area contributed by atoms with E-state index in [0.717, 1.165) is 15.4 Å². The zero-order valence-corrected chi connectivity index (χ0v) is 15.8. The molecule has 3 amide bonds. The molecule has 2 aromatic carbocycles. The summed E-state index contributed by atoms with van der Waals surface area (Å²) in [6.45, 7) is -0.253. The summed E-state index contributed by atoms with van der Waals surface area (Å²) in [5, 5.41) is 11.5. The zero-order chi connectivity index (χ0) is 19.8. The van der Waals surface area contributed by atoms with Crippen LogP contribution in [0.1, 0.15) is 0 Å². The number of halogens is 2. The molecule has 2 heterocycles. The Morgan fingerprint density at radius 3 is 2.61 bits per heavy atom. The van der Waals surface area contributed by atoms with Gasteiger partial charge in [0.2, 0.25) is 5.91 Å². The first-order valence-electron chi connectivity index (χ1n) is 8.30. The van der Waals surface area contributed by atoms with Crippen LogP contribution in [0, 0.1) is 5.82 Å². The number of fused-ring (bicyclic) bond motifs is 1. The summed E-state index contributed by atoms with van der Waals surface area (Å²) < 4.78 is 14.4. The van der Waals surface area contributed by atoms with Crippen LogP contribution in [0.15, 0.2) is 63.3 Å². The van der Waals surface area contributed by atoms with Gasteiger partial charge in [-0.25, -0.2) is 9.29 Å². The second kappa shape index (κ2) is 7.12. The number of anilines is 2. The molecule has 1 saturated heterocycles. The van der Waals surface area contributed by atoms with Crippen molar-refractivity contribution in [3.63, 3.8) is 0 Å². The molecule has 8 nitrogen and oxygen atoms in total. The molecule has 28 heavy (non-hydrogen) atoms. The monoisotopic (exact) mass is 445 g/mol. The lowest BCUT2D eigenvalue weighted by molar-refractivity contribution is -0.123. The smallest absolute Gasteiger partial charge is 0.263 e. The number of hydrogen-bond donors (Lipinski definition) is 1. The summed E-state index contributed by atoms with van der Waals surface area (Å²) in [4.78, 5) is 38.5. The minimum Gasteiger partial charge on any atom is -0.324 e. The average molecular weight is 446 g/mol. The molecule has 0 unspecified atom stereocenters. The van der Waals surface area contributed by atoms with Crippen LogP contribution >= 0.6 is 15.9 Å². The molecule has 0 aromatic heterocycles. The molecular formula is C18H13BrFN5O3. The minimum atomic E-state index is -1.05. The van der Waals surface area contributed by atoms with E-state index in [2.05, 4.69) is 31.6 Å². The van der Waals surface area contributed by atoms with E-state index in [1.165, 1.54) is 23.2 Å². The highest BCUT2D eigenvalue weighted by molar-refractivity contribution is 9.10. The highest BCUT2D eigenvalue weighted by atomic mass is 79.9. The lowest BCUT2D eigenvalue weighted by atomic mass is 10.1. The van der Waals surface area contributed by atoms with E-state index < -0.39 is 35.6 Å². The van der Waals surface area contributed by atoms with Gasteiger partial charge in [-0.1, -0.05) is 27.2 Å². The van der Waals surface area contributed by atoms with Gasteiger partial charge in [0.25, 0.3) is 11.8 Å². The predicted octanol–water partition coefficient (Wildman–Crippen LogP) is 2.52. The first-order valence-corrected chi connectivity index (χ1v) is 9.09. The molecule has 0 radical (unpaired) electrons. The third kappa shape index (κ3) is 3.26. The maximum atomic E-state index is 13.5. The molecule has 0 saturated carbocycles. The fraction of sp³-hybridized carbons (Fsp3) is 0.167. The average Bonchev–Trinajstić information content (AvgIpc) is 3.17. The summed E-state index contributed by atoms with van der Waals surface area (Å²) in [7, 11) is 0. The van der Waals surface area contributed by atoms with Gasteiger partial charge in [-0.3, -0.25) is 19.4 Å². The Hall–Kier alpha value is -3.14. The normalized spacial score (nSPS) is 20.6. The number of imide groups is 1. The SMILES string of the molecule is O=C(CN1N=N[C@@H]2C(=O)N(c3cccc(F)c3)C(=O)[C@H]21)Nc1ccc(Br)cc1. The third-order valence-corrected chi connectivity index (χ3v) is 4.89. The predicted molar refractivity (Wildman–Crippen MR) is 101 cm³/mol. The quantitative estimate of drug-likeness (QED) is 0.731. The largest absolute Gasteiger partial charge is 0.324 e. The van der Waals surface area contributed by atoms with E-state index in [0.29, 0.717) is 5.69 Å². The molecule has 10 heteroatoms. The number of amides is 3. The van der Waals surface area contributed by atoms with Crippen molar-refractivity contribution in [2.24, 2.45) is 10.3 Å². The summed E-state index contributed by atoms with van der Waals surface area (Å²) in [6.07, 6.45) is 0. The van der Waals surface area contributed by atoms with Crippen LogP contribution in [-0.2, 0) is 14.4 Å². The number of benzene rings is 2. The van der Waals surface area contributed by atoms with Gasteiger partial charge in [-0.05, 0) is 42.5 Å². The van der Waals surface area contributed by atoms with E-state index in [1.807, 2.05) is 0 Å². The Labute approximate surface area is 167 Å². The Morgan fingerprint density at radius 1 is 1.14 bits per heavy atom. The number of rotatable bonds is 4. The number of carbonyl (C=O) groups is 3. The van der Waals surface area contributed by atoms with Crippen molar-refractivity contribution in [2.45, 2.75) is 12.1 Å². The van der Waals surface area contributed by atoms with E-state index in [4.69, 9.17) is 0 Å². The van der Waals surface area contributed by atoms with Crippen molar-refractivity contribution < 1.29 is 18.8 Å². The Bertz CT molecular complexity index is 997. The molecule has 2 atom stereocenters. The van der Waals surface area contributed by atoms with Crippen LogP contribution in [0.4, 0.5) is 15.8 Å². The fourth-order valence-corrected chi connectivity index (χ4v) is 3.37. The number of carbonyl (C=O) groups excluding carboxylic acids is 3. The molecule has 1 fully saturated rings. The van der Waals surface area contributed by atoms with Crippen LogP contribution < -0.4 is 10.2 Å². The van der Waals surface area contributed by atoms with Gasteiger partial charge in [0, 0.05) is 10.2 Å². The number of nitrogens with one attached hydrogen (secondary N) is 1. The number of hydrogen-bond acceptors (Lipinski definition) is 6. The first-order chi connectivity index (χ1) is 13.4. The Kier molecular flexibility index (Phi) is 4.63. The van der Waals surface area contributed by atoms with E-state index in [1.54, 1.807) is 24.3 Å². The molecule has 2 aliphatic heterocycles. The molecule has 142 valence electrons. The van der Waals surface area contributed by atoms with Gasteiger partial charge in [0.1, 0.15) is 12.4 Å². The van der Waals surface area contributed by atoms with E-state index in [9.17, 15) is 18.8 Å². The van der Waals surface area contributed by atoms with Crippen molar-refractivity contribution in [1.29, 1.82) is 0 Å². The lowest BCUT2D eigenvalue weighted by Gasteiger charge is -2.20. The summed E-state index contributed by atoms with van der Waals surface area (Å²) in [6, 6.07) is 10.1. The summed E-state index contributed by atoms with van der Waals surface area (Å²) in [5.41, 5.74) is 0.704. The highest BCUT2D eigenvalue weighted by Gasteiger charge is 2.55. The summed E-state index contributed by atoms with van der Waals surface area (Å²) in [5.74, 6) is -2.17. The molecule has 2 aliphatic rings. The van der Waals surface area contributed by atoms with Crippen LogP contribution in [0.3, 0.4) is 0 Å². The van der Waals surface area contributed by atoms with E-state index in [-0.39, 0.29) is 12.2 Å². The van der Waals surface area contributed by atoms with E-state index >= 15 is 0 Å². The Balaban J connectivity index is 1.49. The van der Waals surface area contributed by atoms with Crippen molar-refractivity contribution in [1.82, 2.24) is 5.01 Å². The van der Waals surface area contributed by atoms with Gasteiger partial charge in [-0.15, -0.1) is 0 Å². The van der Waals surface area contributed by atoms with Crippen molar-refractivity contribution in [3.05, 3.63) is 58.8 Å².